The monoisotopic (exact) mass is 366 g/mol. The quantitative estimate of drug-likeness (QED) is 0.875. The summed E-state index contributed by atoms with van der Waals surface area (Å²) in [5.41, 5.74) is 1.65. The molecule has 0 atom stereocenters. The van der Waals surface area contributed by atoms with E-state index in [2.05, 4.69) is 17.2 Å². The molecule has 24 heavy (non-hydrogen) atoms. The molecule has 1 aliphatic heterocycles. The molecule has 2 aromatic rings. The zero-order valence-corrected chi connectivity index (χ0v) is 15.2. The van der Waals surface area contributed by atoms with E-state index in [9.17, 15) is 4.79 Å². The molecule has 5 nitrogen and oxygen atoms in total. The summed E-state index contributed by atoms with van der Waals surface area (Å²) in [5, 5.41) is 4.42. The van der Waals surface area contributed by atoms with Crippen LogP contribution < -0.4 is 14.8 Å². The summed E-state index contributed by atoms with van der Waals surface area (Å²) in [6.45, 7) is 5.33. The Kier molecular flexibility index (Phi) is 5.26. The molecule has 0 spiro atoms. The fourth-order valence-corrected chi connectivity index (χ4v) is 3.88. The molecule has 1 N–H and O–H groups in total. The fourth-order valence-electron chi connectivity index (χ4n) is 2.51. The molecule has 3 rings (SSSR count). The summed E-state index contributed by atoms with van der Waals surface area (Å²) in [7, 11) is 0. The lowest BCUT2D eigenvalue weighted by molar-refractivity contribution is 0.0954. The molecule has 0 saturated carbocycles. The number of halogens is 1. The Bertz CT molecular complexity index is 761. The highest BCUT2D eigenvalue weighted by molar-refractivity contribution is 7.13. The molecule has 7 heteroatoms. The topological polar surface area (TPSA) is 60.5 Å². The van der Waals surface area contributed by atoms with E-state index in [0.717, 1.165) is 29.1 Å². The van der Waals surface area contributed by atoms with Crippen LogP contribution in [0.4, 0.5) is 0 Å². The van der Waals surface area contributed by atoms with Gasteiger partial charge >= 0.3 is 0 Å². The Balaban J connectivity index is 1.69. The third-order valence-corrected chi connectivity index (χ3v) is 5.12. The van der Waals surface area contributed by atoms with Crippen LogP contribution >= 0.6 is 22.9 Å². The Morgan fingerprint density at radius 2 is 2.17 bits per heavy atom. The van der Waals surface area contributed by atoms with Crippen molar-refractivity contribution in [2.45, 2.75) is 33.2 Å². The lowest BCUT2D eigenvalue weighted by atomic mass is 10.2. The highest BCUT2D eigenvalue weighted by atomic mass is 35.5. The van der Waals surface area contributed by atoms with Crippen molar-refractivity contribution in [3.63, 3.8) is 0 Å². The lowest BCUT2D eigenvalue weighted by Gasteiger charge is -2.20. The van der Waals surface area contributed by atoms with Crippen LogP contribution in [0.3, 0.4) is 0 Å². The molecule has 1 aliphatic rings. The zero-order chi connectivity index (χ0) is 17.1. The highest BCUT2D eigenvalue weighted by Crippen LogP contribution is 2.38. The molecule has 1 amide bonds. The van der Waals surface area contributed by atoms with Crippen LogP contribution in [-0.4, -0.2) is 24.1 Å². The van der Waals surface area contributed by atoms with Crippen molar-refractivity contribution in [3.05, 3.63) is 38.3 Å². The summed E-state index contributed by atoms with van der Waals surface area (Å²) < 4.78 is 11.1. The number of aromatic nitrogens is 1. The molecule has 0 fully saturated rings. The minimum Gasteiger partial charge on any atom is -0.486 e. The third kappa shape index (κ3) is 3.65. The summed E-state index contributed by atoms with van der Waals surface area (Å²) in [5.74, 6) is 1.08. The number of aryl methyl sites for hydroxylation is 2. The Hall–Kier alpha value is -1.79. The van der Waals surface area contributed by atoms with Crippen molar-refractivity contribution >= 4 is 28.8 Å². The van der Waals surface area contributed by atoms with Gasteiger partial charge in [0.1, 0.15) is 18.1 Å². The summed E-state index contributed by atoms with van der Waals surface area (Å²) in [6, 6.07) is 3.64. The van der Waals surface area contributed by atoms with Crippen LogP contribution in [0.5, 0.6) is 11.5 Å². The van der Waals surface area contributed by atoms with Crippen molar-refractivity contribution in [3.8, 4) is 11.5 Å². The van der Waals surface area contributed by atoms with E-state index in [4.69, 9.17) is 21.1 Å². The Morgan fingerprint density at radius 3 is 2.96 bits per heavy atom. The Labute approximate surface area is 150 Å². The van der Waals surface area contributed by atoms with Crippen LogP contribution in [0.15, 0.2) is 12.1 Å². The molecule has 128 valence electrons. The van der Waals surface area contributed by atoms with Crippen LogP contribution in [0, 0.1) is 6.92 Å². The van der Waals surface area contributed by atoms with E-state index >= 15 is 0 Å². The predicted octanol–water partition coefficient (Wildman–Crippen LogP) is 3.76. The van der Waals surface area contributed by atoms with E-state index in [0.29, 0.717) is 41.2 Å². The van der Waals surface area contributed by atoms with Crippen molar-refractivity contribution in [1.82, 2.24) is 10.3 Å². The molecule has 1 aromatic heterocycles. The number of benzene rings is 1. The highest BCUT2D eigenvalue weighted by Gasteiger charge is 2.18. The summed E-state index contributed by atoms with van der Waals surface area (Å²) in [6.07, 6.45) is 1.92. The van der Waals surface area contributed by atoms with Gasteiger partial charge in [-0.1, -0.05) is 18.5 Å². The maximum Gasteiger partial charge on any atom is 0.263 e. The van der Waals surface area contributed by atoms with Gasteiger partial charge in [0, 0.05) is 6.54 Å². The maximum absolute atomic E-state index is 12.4. The number of hydrogen-bond donors (Lipinski definition) is 1. The van der Waals surface area contributed by atoms with E-state index in [1.807, 2.05) is 13.0 Å². The molecule has 0 aliphatic carbocycles. The van der Waals surface area contributed by atoms with Gasteiger partial charge < -0.3 is 14.8 Å². The second-order valence-electron chi connectivity index (χ2n) is 5.56. The smallest absolute Gasteiger partial charge is 0.263 e. The maximum atomic E-state index is 12.4. The van der Waals surface area contributed by atoms with E-state index in [-0.39, 0.29) is 5.91 Å². The van der Waals surface area contributed by atoms with Crippen molar-refractivity contribution in [2.75, 3.05) is 13.2 Å². The van der Waals surface area contributed by atoms with Gasteiger partial charge in [-0.3, -0.25) is 4.79 Å². The Morgan fingerprint density at radius 1 is 1.38 bits per heavy atom. The first-order chi connectivity index (χ1) is 11.6. The summed E-state index contributed by atoms with van der Waals surface area (Å²) >= 11 is 7.68. The number of nitrogens with one attached hydrogen (secondary N) is 1. The van der Waals surface area contributed by atoms with Crippen molar-refractivity contribution in [1.29, 1.82) is 0 Å². The molecular formula is C17H19ClN2O3S. The van der Waals surface area contributed by atoms with Gasteiger partial charge in [-0.25, -0.2) is 4.98 Å². The number of thiazole rings is 1. The first-order valence-corrected chi connectivity index (χ1v) is 9.10. The first-order valence-electron chi connectivity index (χ1n) is 7.91. The first kappa shape index (κ1) is 17.0. The number of carbonyl (C=O) groups is 1. The number of amides is 1. The molecule has 2 heterocycles. The molecule has 1 aromatic carbocycles. The van der Waals surface area contributed by atoms with Crippen molar-refractivity contribution < 1.29 is 14.3 Å². The normalized spacial score (nSPS) is 13.0. The van der Waals surface area contributed by atoms with Crippen LogP contribution in [0.25, 0.3) is 0 Å². The third-order valence-electron chi connectivity index (χ3n) is 3.62. The number of fused-ring (bicyclic) bond motifs is 1. The van der Waals surface area contributed by atoms with E-state index in [1.54, 1.807) is 6.07 Å². The van der Waals surface area contributed by atoms with Gasteiger partial charge in [0.15, 0.2) is 11.5 Å². The van der Waals surface area contributed by atoms with Gasteiger partial charge in [-0.15, -0.1) is 11.3 Å². The molecule has 0 unspecified atom stereocenters. The predicted molar refractivity (Wildman–Crippen MR) is 94.5 cm³/mol. The lowest BCUT2D eigenvalue weighted by Crippen LogP contribution is -2.23. The largest absolute Gasteiger partial charge is 0.486 e. The number of hydrogen-bond acceptors (Lipinski definition) is 5. The van der Waals surface area contributed by atoms with Crippen LogP contribution in [-0.2, 0) is 13.0 Å². The zero-order valence-electron chi connectivity index (χ0n) is 13.6. The van der Waals surface area contributed by atoms with Gasteiger partial charge in [0.25, 0.3) is 5.91 Å². The average molecular weight is 367 g/mol. The van der Waals surface area contributed by atoms with Crippen LogP contribution in [0.2, 0.25) is 5.02 Å². The second-order valence-corrected chi connectivity index (χ2v) is 7.05. The van der Waals surface area contributed by atoms with Gasteiger partial charge in [0.2, 0.25) is 0 Å². The van der Waals surface area contributed by atoms with E-state index in [1.165, 1.54) is 11.3 Å². The minimum atomic E-state index is -0.113. The number of nitrogens with zero attached hydrogens (tertiary/aromatic N) is 1. The van der Waals surface area contributed by atoms with Crippen molar-refractivity contribution in [2.24, 2.45) is 0 Å². The van der Waals surface area contributed by atoms with Gasteiger partial charge in [-0.2, -0.15) is 0 Å². The molecule has 0 saturated heterocycles. The standard InChI is InChI=1S/C17H19ClN2O3S/c1-3-4-14-20-10(2)16(24-14)17(21)19-9-11-7-12(18)15-13(8-11)22-5-6-23-15/h7-8H,3-6,9H2,1-2H3,(H,19,21). The van der Waals surface area contributed by atoms with E-state index < -0.39 is 0 Å². The SMILES string of the molecule is CCCc1nc(C)c(C(=O)NCc2cc(Cl)c3c(c2)OCCO3)s1. The fraction of sp³-hybridized carbons (Fsp3) is 0.412. The number of carbonyl (C=O) groups excluding carboxylic acids is 1. The molecule has 0 bridgehead atoms. The van der Waals surface area contributed by atoms with Gasteiger partial charge in [0.05, 0.1) is 15.7 Å². The molecular weight excluding hydrogens is 348 g/mol. The average Bonchev–Trinajstić information content (AvgIpc) is 2.94. The second kappa shape index (κ2) is 7.40. The minimum absolute atomic E-state index is 0.113. The number of rotatable bonds is 5. The molecule has 0 radical (unpaired) electrons. The number of ether oxygens (including phenoxy) is 2. The summed E-state index contributed by atoms with van der Waals surface area (Å²) in [4.78, 5) is 17.5. The van der Waals surface area contributed by atoms with Gasteiger partial charge in [-0.05, 0) is 37.5 Å². The van der Waals surface area contributed by atoms with Crippen LogP contribution in [0.1, 0.15) is 39.3 Å².